The highest BCUT2D eigenvalue weighted by Gasteiger charge is 2.15. The largest absolute Gasteiger partial charge is 0.233 e. The Morgan fingerprint density at radius 2 is 1.40 bits per heavy atom. The molecule has 0 aliphatic rings. The predicted octanol–water partition coefficient (Wildman–Crippen LogP) is 5.65. The van der Waals surface area contributed by atoms with E-state index in [2.05, 4.69) is 29.4 Å². The van der Waals surface area contributed by atoms with Crippen molar-refractivity contribution in [2.75, 3.05) is 0 Å². The Kier molecular flexibility index (Phi) is 3.90. The molecule has 2 nitrogen and oxygen atoms in total. The zero-order valence-electron chi connectivity index (χ0n) is 13.9. The summed E-state index contributed by atoms with van der Waals surface area (Å²) < 4.78 is 16.1. The zero-order valence-corrected chi connectivity index (χ0v) is 13.9. The van der Waals surface area contributed by atoms with Gasteiger partial charge in [-0.05, 0) is 47.9 Å². The van der Waals surface area contributed by atoms with Crippen molar-refractivity contribution in [1.82, 2.24) is 9.78 Å². The number of hydrogen-bond acceptors (Lipinski definition) is 1. The Hall–Kier alpha value is -3.20. The molecule has 1 aromatic heterocycles. The molecule has 122 valence electrons. The highest BCUT2D eigenvalue weighted by molar-refractivity contribution is 5.68. The molecular formula is C22H17FN2. The summed E-state index contributed by atoms with van der Waals surface area (Å²) in [7, 11) is 0. The molecule has 0 fully saturated rings. The van der Waals surface area contributed by atoms with Gasteiger partial charge in [0, 0.05) is 5.56 Å². The molecule has 3 heteroatoms. The van der Waals surface area contributed by atoms with Crippen molar-refractivity contribution in [3.05, 3.63) is 96.4 Å². The van der Waals surface area contributed by atoms with Gasteiger partial charge in [0.2, 0.25) is 0 Å². The minimum Gasteiger partial charge on any atom is -0.233 e. The van der Waals surface area contributed by atoms with Crippen LogP contribution in [0.25, 0.3) is 28.1 Å². The first-order valence-electron chi connectivity index (χ1n) is 8.19. The lowest BCUT2D eigenvalue weighted by Gasteiger charge is -2.11. The number of aromatic nitrogens is 2. The van der Waals surface area contributed by atoms with Gasteiger partial charge in [-0.1, -0.05) is 54.6 Å². The number of nitrogens with zero attached hydrogens (tertiary/aromatic N) is 2. The lowest BCUT2D eigenvalue weighted by molar-refractivity contribution is 0.629. The lowest BCUT2D eigenvalue weighted by atomic mass is 10.1. The highest BCUT2D eigenvalue weighted by atomic mass is 19.1. The molecule has 0 unspecified atom stereocenters. The molecule has 25 heavy (non-hydrogen) atoms. The molecule has 0 bridgehead atoms. The van der Waals surface area contributed by atoms with Gasteiger partial charge in [-0.3, -0.25) is 0 Å². The van der Waals surface area contributed by atoms with Gasteiger partial charge in [-0.25, -0.2) is 9.07 Å². The molecule has 0 aliphatic carbocycles. The van der Waals surface area contributed by atoms with Crippen LogP contribution in [0.1, 0.15) is 5.56 Å². The monoisotopic (exact) mass is 328 g/mol. The first-order chi connectivity index (χ1) is 12.2. The summed E-state index contributed by atoms with van der Waals surface area (Å²) in [6.45, 7) is 1.95. The fraction of sp³-hybridized carbons (Fsp3) is 0.0455. The molecule has 0 radical (unpaired) electrons. The average molecular weight is 328 g/mol. The molecule has 0 spiro atoms. The molecule has 0 saturated heterocycles. The molecule has 0 saturated carbocycles. The number of halogens is 1. The van der Waals surface area contributed by atoms with Crippen LogP contribution in [0.2, 0.25) is 0 Å². The van der Waals surface area contributed by atoms with E-state index in [9.17, 15) is 4.39 Å². The minimum atomic E-state index is -0.242. The number of benzene rings is 3. The molecule has 0 amide bonds. The van der Waals surface area contributed by atoms with Crippen LogP contribution in [0.5, 0.6) is 0 Å². The topological polar surface area (TPSA) is 17.8 Å². The Morgan fingerprint density at radius 3 is 2.12 bits per heavy atom. The van der Waals surface area contributed by atoms with E-state index < -0.39 is 0 Å². The maximum atomic E-state index is 14.3. The number of aryl methyl sites for hydroxylation is 1. The van der Waals surface area contributed by atoms with Crippen molar-refractivity contribution < 1.29 is 4.39 Å². The Balaban J connectivity index is 1.78. The maximum absolute atomic E-state index is 14.3. The summed E-state index contributed by atoms with van der Waals surface area (Å²) in [6.07, 6.45) is 1.77. The Morgan fingerprint density at radius 1 is 0.760 bits per heavy atom. The van der Waals surface area contributed by atoms with Crippen LogP contribution < -0.4 is 0 Å². The molecule has 0 aliphatic heterocycles. The quantitative estimate of drug-likeness (QED) is 0.475. The maximum Gasteiger partial charge on any atom is 0.132 e. The fourth-order valence-corrected chi connectivity index (χ4v) is 3.03. The molecular weight excluding hydrogens is 311 g/mol. The second kappa shape index (κ2) is 6.36. The molecule has 0 atom stereocenters. The molecule has 3 aromatic carbocycles. The lowest BCUT2D eigenvalue weighted by Crippen LogP contribution is -2.00. The second-order valence-corrected chi connectivity index (χ2v) is 5.98. The van der Waals surface area contributed by atoms with Gasteiger partial charge in [0.1, 0.15) is 5.82 Å². The molecule has 0 N–H and O–H groups in total. The van der Waals surface area contributed by atoms with E-state index in [1.807, 2.05) is 43.3 Å². The van der Waals surface area contributed by atoms with Crippen molar-refractivity contribution in [3.63, 3.8) is 0 Å². The minimum absolute atomic E-state index is 0.242. The summed E-state index contributed by atoms with van der Waals surface area (Å²) in [6, 6.07) is 25.2. The van der Waals surface area contributed by atoms with Crippen molar-refractivity contribution in [2.24, 2.45) is 0 Å². The van der Waals surface area contributed by atoms with Gasteiger partial charge in [-0.2, -0.15) is 5.10 Å². The van der Waals surface area contributed by atoms with Crippen molar-refractivity contribution in [3.8, 4) is 28.1 Å². The fourth-order valence-electron chi connectivity index (χ4n) is 3.03. The first-order valence-corrected chi connectivity index (χ1v) is 8.19. The SMILES string of the molecule is Cc1cnn(-c2ccc(-c3ccccc3)cc2)c1-c1ccccc1F. The summed E-state index contributed by atoms with van der Waals surface area (Å²) >= 11 is 0. The highest BCUT2D eigenvalue weighted by Crippen LogP contribution is 2.29. The van der Waals surface area contributed by atoms with Gasteiger partial charge in [0.25, 0.3) is 0 Å². The Labute approximate surface area is 146 Å². The third kappa shape index (κ3) is 2.85. The summed E-state index contributed by atoms with van der Waals surface area (Å²) in [4.78, 5) is 0. The van der Waals surface area contributed by atoms with Gasteiger partial charge in [-0.15, -0.1) is 0 Å². The van der Waals surface area contributed by atoms with Crippen LogP contribution in [0, 0.1) is 12.7 Å². The molecule has 4 aromatic rings. The summed E-state index contributed by atoms with van der Waals surface area (Å²) in [5.74, 6) is -0.242. The third-order valence-corrected chi connectivity index (χ3v) is 4.30. The average Bonchev–Trinajstić information content (AvgIpc) is 3.04. The van der Waals surface area contributed by atoms with Crippen LogP contribution in [-0.2, 0) is 0 Å². The van der Waals surface area contributed by atoms with Gasteiger partial charge < -0.3 is 0 Å². The zero-order chi connectivity index (χ0) is 17.2. The van der Waals surface area contributed by atoms with E-state index in [4.69, 9.17) is 0 Å². The number of hydrogen-bond donors (Lipinski definition) is 0. The summed E-state index contributed by atoms with van der Waals surface area (Å²) in [5, 5.41) is 4.46. The van der Waals surface area contributed by atoms with Crippen molar-refractivity contribution in [2.45, 2.75) is 6.92 Å². The van der Waals surface area contributed by atoms with Crippen molar-refractivity contribution >= 4 is 0 Å². The van der Waals surface area contributed by atoms with E-state index >= 15 is 0 Å². The van der Waals surface area contributed by atoms with Crippen LogP contribution in [0.4, 0.5) is 4.39 Å². The van der Waals surface area contributed by atoms with Crippen molar-refractivity contribution in [1.29, 1.82) is 0 Å². The molecule has 1 heterocycles. The second-order valence-electron chi connectivity index (χ2n) is 5.98. The van der Waals surface area contributed by atoms with E-state index in [0.29, 0.717) is 5.56 Å². The standard InChI is InChI=1S/C22H17FN2/c1-16-15-24-25(22(16)20-9-5-6-10-21(20)23)19-13-11-18(12-14-19)17-7-3-2-4-8-17/h2-15H,1H3. The van der Waals surface area contributed by atoms with E-state index in [-0.39, 0.29) is 5.82 Å². The first kappa shape index (κ1) is 15.3. The van der Waals surface area contributed by atoms with Crippen LogP contribution in [0.3, 0.4) is 0 Å². The van der Waals surface area contributed by atoms with E-state index in [1.54, 1.807) is 23.0 Å². The number of rotatable bonds is 3. The summed E-state index contributed by atoms with van der Waals surface area (Å²) in [5.41, 5.74) is 5.50. The van der Waals surface area contributed by atoms with Gasteiger partial charge in [0.05, 0.1) is 17.6 Å². The van der Waals surface area contributed by atoms with Gasteiger partial charge >= 0.3 is 0 Å². The van der Waals surface area contributed by atoms with Gasteiger partial charge in [0.15, 0.2) is 0 Å². The van der Waals surface area contributed by atoms with Crippen LogP contribution in [-0.4, -0.2) is 9.78 Å². The predicted molar refractivity (Wildman–Crippen MR) is 99.1 cm³/mol. The Bertz CT molecular complexity index is 1000. The molecule has 4 rings (SSSR count). The van der Waals surface area contributed by atoms with E-state index in [1.165, 1.54) is 11.6 Å². The van der Waals surface area contributed by atoms with Crippen LogP contribution >= 0.6 is 0 Å². The van der Waals surface area contributed by atoms with E-state index in [0.717, 1.165) is 22.5 Å². The smallest absolute Gasteiger partial charge is 0.132 e. The normalized spacial score (nSPS) is 10.8. The van der Waals surface area contributed by atoms with Crippen LogP contribution in [0.15, 0.2) is 85.1 Å². The third-order valence-electron chi connectivity index (χ3n) is 4.30.